The van der Waals surface area contributed by atoms with Crippen molar-refractivity contribution < 1.29 is 9.59 Å². The van der Waals surface area contributed by atoms with Gasteiger partial charge in [-0.25, -0.2) is 0 Å². The number of Topliss-reactive ketones (excluding diaryl/α,β-unsaturated/α-hetero) is 1. The fourth-order valence-electron chi connectivity index (χ4n) is 1.78. The Bertz CT molecular complexity index is 241. The number of rotatable bonds is 4. The molecule has 1 heterocycles. The Morgan fingerprint density at radius 1 is 1.33 bits per heavy atom. The Labute approximate surface area is 91.2 Å². The number of carbonyl (C=O) groups excluding carboxylic acids is 2. The molecule has 1 aliphatic heterocycles. The molecule has 0 aromatic heterocycles. The van der Waals surface area contributed by atoms with Crippen LogP contribution in [0.25, 0.3) is 0 Å². The van der Waals surface area contributed by atoms with Gasteiger partial charge in [-0.2, -0.15) is 0 Å². The zero-order valence-corrected chi connectivity index (χ0v) is 9.66. The first kappa shape index (κ1) is 12.2. The number of likely N-dealkylation sites (N-methyl/N-ethyl adjacent to an activating group) is 1. The Hall–Kier alpha value is -0.900. The van der Waals surface area contributed by atoms with E-state index in [4.69, 9.17) is 0 Å². The second kappa shape index (κ2) is 5.85. The third kappa shape index (κ3) is 4.00. The lowest BCUT2D eigenvalue weighted by Crippen LogP contribution is -2.33. The smallest absolute Gasteiger partial charge is 0.223 e. The van der Waals surface area contributed by atoms with Crippen LogP contribution >= 0.6 is 0 Å². The summed E-state index contributed by atoms with van der Waals surface area (Å²) in [5.74, 6) is 0.459. The lowest BCUT2D eigenvalue weighted by atomic mass is 10.3. The van der Waals surface area contributed by atoms with Gasteiger partial charge >= 0.3 is 0 Å². The van der Waals surface area contributed by atoms with E-state index in [0.717, 1.165) is 32.7 Å². The van der Waals surface area contributed by atoms with Crippen LogP contribution in [0.5, 0.6) is 0 Å². The van der Waals surface area contributed by atoms with Gasteiger partial charge in [-0.15, -0.1) is 0 Å². The molecule has 4 nitrogen and oxygen atoms in total. The molecular formula is C11H20N2O2. The summed E-state index contributed by atoms with van der Waals surface area (Å²) in [4.78, 5) is 26.5. The molecule has 1 fully saturated rings. The predicted octanol–water partition coefficient (Wildman–Crippen LogP) is 0.520. The molecule has 0 aromatic rings. The van der Waals surface area contributed by atoms with Crippen LogP contribution in [-0.4, -0.2) is 54.2 Å². The summed E-state index contributed by atoms with van der Waals surface area (Å²) in [6.45, 7) is 7.69. The first-order valence-corrected chi connectivity index (χ1v) is 5.63. The van der Waals surface area contributed by atoms with E-state index in [-0.39, 0.29) is 11.7 Å². The molecular weight excluding hydrogens is 192 g/mol. The molecule has 86 valence electrons. The SMILES string of the molecule is CCN1CCN(CCC(C)=O)CCC1=O. The van der Waals surface area contributed by atoms with Gasteiger partial charge in [0.15, 0.2) is 0 Å². The molecule has 0 atom stereocenters. The maximum Gasteiger partial charge on any atom is 0.223 e. The molecule has 0 bridgehead atoms. The van der Waals surface area contributed by atoms with Gasteiger partial charge in [-0.05, 0) is 13.8 Å². The average Bonchev–Trinajstić information content (AvgIpc) is 2.37. The summed E-state index contributed by atoms with van der Waals surface area (Å²) in [6, 6.07) is 0. The third-order valence-electron chi connectivity index (χ3n) is 2.84. The van der Waals surface area contributed by atoms with Gasteiger partial charge in [0.1, 0.15) is 5.78 Å². The van der Waals surface area contributed by atoms with Crippen molar-refractivity contribution in [3.05, 3.63) is 0 Å². The van der Waals surface area contributed by atoms with E-state index in [9.17, 15) is 9.59 Å². The third-order valence-corrected chi connectivity index (χ3v) is 2.84. The predicted molar refractivity (Wildman–Crippen MR) is 58.6 cm³/mol. The standard InChI is InChI=1S/C11H20N2O2/c1-3-13-9-8-12(6-4-10(2)14)7-5-11(13)15/h3-9H2,1-2H3. The molecule has 0 unspecified atom stereocenters. The lowest BCUT2D eigenvalue weighted by Gasteiger charge is -2.20. The van der Waals surface area contributed by atoms with Gasteiger partial charge in [-0.1, -0.05) is 0 Å². The molecule has 0 spiro atoms. The average molecular weight is 212 g/mol. The molecule has 0 saturated carbocycles. The molecule has 0 aliphatic carbocycles. The number of ketones is 1. The van der Waals surface area contributed by atoms with Crippen LogP contribution in [0.2, 0.25) is 0 Å². The van der Waals surface area contributed by atoms with Crippen molar-refractivity contribution in [3.8, 4) is 0 Å². The Kier molecular flexibility index (Phi) is 4.75. The molecule has 4 heteroatoms. The quantitative estimate of drug-likeness (QED) is 0.682. The molecule has 1 saturated heterocycles. The Morgan fingerprint density at radius 3 is 2.67 bits per heavy atom. The molecule has 1 aliphatic rings. The van der Waals surface area contributed by atoms with E-state index in [0.29, 0.717) is 12.8 Å². The highest BCUT2D eigenvalue weighted by atomic mass is 16.2. The number of hydrogen-bond donors (Lipinski definition) is 0. The number of carbonyl (C=O) groups is 2. The first-order valence-electron chi connectivity index (χ1n) is 5.63. The van der Waals surface area contributed by atoms with Gasteiger partial charge in [0, 0.05) is 45.6 Å². The molecule has 0 N–H and O–H groups in total. The van der Waals surface area contributed by atoms with Crippen molar-refractivity contribution in [2.24, 2.45) is 0 Å². The van der Waals surface area contributed by atoms with E-state index in [1.54, 1.807) is 6.92 Å². The van der Waals surface area contributed by atoms with Crippen LogP contribution in [0.1, 0.15) is 26.7 Å². The zero-order valence-electron chi connectivity index (χ0n) is 9.66. The summed E-state index contributed by atoms with van der Waals surface area (Å²) in [6.07, 6.45) is 1.19. The highest BCUT2D eigenvalue weighted by Crippen LogP contribution is 2.04. The van der Waals surface area contributed by atoms with Gasteiger partial charge in [0.2, 0.25) is 5.91 Å². The number of amides is 1. The molecule has 0 aromatic carbocycles. The van der Waals surface area contributed by atoms with E-state index in [1.807, 2.05) is 11.8 Å². The highest BCUT2D eigenvalue weighted by Gasteiger charge is 2.19. The molecule has 1 amide bonds. The minimum absolute atomic E-state index is 0.220. The maximum absolute atomic E-state index is 11.6. The zero-order chi connectivity index (χ0) is 11.3. The van der Waals surface area contributed by atoms with E-state index >= 15 is 0 Å². The van der Waals surface area contributed by atoms with Crippen LogP contribution in [0.3, 0.4) is 0 Å². The molecule has 15 heavy (non-hydrogen) atoms. The first-order chi connectivity index (χ1) is 7.13. The van der Waals surface area contributed by atoms with Crippen molar-refractivity contribution in [2.45, 2.75) is 26.7 Å². The minimum Gasteiger partial charge on any atom is -0.342 e. The second-order valence-corrected chi connectivity index (χ2v) is 4.02. The largest absolute Gasteiger partial charge is 0.342 e. The lowest BCUT2D eigenvalue weighted by molar-refractivity contribution is -0.130. The van der Waals surface area contributed by atoms with Crippen molar-refractivity contribution >= 4 is 11.7 Å². The van der Waals surface area contributed by atoms with Crippen LogP contribution in [0, 0.1) is 0 Å². The summed E-state index contributed by atoms with van der Waals surface area (Å²) in [5.41, 5.74) is 0. The van der Waals surface area contributed by atoms with Crippen molar-refractivity contribution in [3.63, 3.8) is 0 Å². The van der Waals surface area contributed by atoms with Crippen LogP contribution in [-0.2, 0) is 9.59 Å². The van der Waals surface area contributed by atoms with E-state index in [2.05, 4.69) is 4.90 Å². The summed E-state index contributed by atoms with van der Waals surface area (Å²) in [7, 11) is 0. The normalized spacial score (nSPS) is 19.1. The monoisotopic (exact) mass is 212 g/mol. The van der Waals surface area contributed by atoms with Crippen LogP contribution in [0.4, 0.5) is 0 Å². The Morgan fingerprint density at radius 2 is 2.07 bits per heavy atom. The Balaban J connectivity index is 2.38. The molecule has 0 radical (unpaired) electrons. The van der Waals surface area contributed by atoms with Gasteiger partial charge in [-0.3, -0.25) is 9.59 Å². The van der Waals surface area contributed by atoms with Crippen molar-refractivity contribution in [1.82, 2.24) is 9.80 Å². The summed E-state index contributed by atoms with van der Waals surface area (Å²) < 4.78 is 0. The maximum atomic E-state index is 11.6. The topological polar surface area (TPSA) is 40.6 Å². The van der Waals surface area contributed by atoms with Gasteiger partial charge in [0.25, 0.3) is 0 Å². The summed E-state index contributed by atoms with van der Waals surface area (Å²) >= 11 is 0. The second-order valence-electron chi connectivity index (χ2n) is 4.02. The van der Waals surface area contributed by atoms with Crippen molar-refractivity contribution in [1.29, 1.82) is 0 Å². The van der Waals surface area contributed by atoms with Crippen molar-refractivity contribution in [2.75, 3.05) is 32.7 Å². The van der Waals surface area contributed by atoms with Crippen LogP contribution < -0.4 is 0 Å². The van der Waals surface area contributed by atoms with Crippen LogP contribution in [0.15, 0.2) is 0 Å². The molecule has 1 rings (SSSR count). The van der Waals surface area contributed by atoms with Gasteiger partial charge < -0.3 is 9.80 Å². The summed E-state index contributed by atoms with van der Waals surface area (Å²) in [5, 5.41) is 0. The highest BCUT2D eigenvalue weighted by molar-refractivity contribution is 5.77. The van der Waals surface area contributed by atoms with E-state index in [1.165, 1.54) is 0 Å². The van der Waals surface area contributed by atoms with E-state index < -0.39 is 0 Å². The number of nitrogens with zero attached hydrogens (tertiary/aromatic N) is 2. The fourth-order valence-corrected chi connectivity index (χ4v) is 1.78. The fraction of sp³-hybridized carbons (Fsp3) is 0.818. The van der Waals surface area contributed by atoms with Gasteiger partial charge in [0.05, 0.1) is 0 Å². The number of hydrogen-bond acceptors (Lipinski definition) is 3. The minimum atomic E-state index is 0.220.